The minimum Gasteiger partial charge on any atom is -0.497 e. The molecule has 0 saturated heterocycles. The van der Waals surface area contributed by atoms with Crippen molar-refractivity contribution in [3.8, 4) is 5.75 Å². The number of thioether (sulfide) groups is 1. The van der Waals surface area contributed by atoms with Crippen LogP contribution < -0.4 is 10.1 Å². The summed E-state index contributed by atoms with van der Waals surface area (Å²) in [7, 11) is -2.77. The third-order valence-electron chi connectivity index (χ3n) is 5.54. The zero-order valence-corrected chi connectivity index (χ0v) is 22.2. The third-order valence-corrected chi connectivity index (χ3v) is 7.50. The summed E-state index contributed by atoms with van der Waals surface area (Å²) in [6.45, 7) is 0.0785. The van der Waals surface area contributed by atoms with Crippen molar-refractivity contribution in [1.82, 2.24) is 5.32 Å². The molecule has 0 bridgehead atoms. The van der Waals surface area contributed by atoms with Gasteiger partial charge in [-0.15, -0.1) is 0 Å². The fourth-order valence-electron chi connectivity index (χ4n) is 3.59. The minimum atomic E-state index is -4.38. The number of ether oxygens (including phenoxy) is 2. The van der Waals surface area contributed by atoms with Crippen molar-refractivity contribution in [2.24, 2.45) is 0 Å². The van der Waals surface area contributed by atoms with Gasteiger partial charge in [-0.2, -0.15) is 20.2 Å². The smallest absolute Gasteiger partial charge is 0.407 e. The fraction of sp³-hybridized carbons (Fsp3) is 0.250. The molecule has 0 saturated carbocycles. The predicted molar refractivity (Wildman–Crippen MR) is 147 cm³/mol. The van der Waals surface area contributed by atoms with E-state index in [4.69, 9.17) is 9.47 Å². The molecular weight excluding hydrogens is 510 g/mol. The van der Waals surface area contributed by atoms with Gasteiger partial charge in [-0.05, 0) is 47.7 Å². The van der Waals surface area contributed by atoms with E-state index in [1.165, 1.54) is 6.08 Å². The van der Waals surface area contributed by atoms with Crippen molar-refractivity contribution in [2.45, 2.75) is 36.5 Å². The van der Waals surface area contributed by atoms with Crippen LogP contribution in [0.3, 0.4) is 0 Å². The van der Waals surface area contributed by atoms with E-state index >= 15 is 0 Å². The first-order valence-electron chi connectivity index (χ1n) is 11.7. The first kappa shape index (κ1) is 28.3. The van der Waals surface area contributed by atoms with Crippen LogP contribution in [0.2, 0.25) is 0 Å². The second kappa shape index (κ2) is 14.5. The number of amides is 1. The lowest BCUT2D eigenvalue weighted by molar-refractivity contribution is 0.137. The van der Waals surface area contributed by atoms with Gasteiger partial charge in [0.2, 0.25) is 0 Å². The van der Waals surface area contributed by atoms with Crippen LogP contribution >= 0.6 is 11.8 Å². The van der Waals surface area contributed by atoms with Crippen LogP contribution in [0, 0.1) is 0 Å². The molecule has 2 N–H and O–H groups in total. The summed E-state index contributed by atoms with van der Waals surface area (Å²) in [6, 6.07) is 26.2. The van der Waals surface area contributed by atoms with Gasteiger partial charge in [0.05, 0.1) is 18.6 Å². The quantitative estimate of drug-likeness (QED) is 0.271. The molecule has 1 unspecified atom stereocenters. The molecule has 1 amide bonds. The highest BCUT2D eigenvalue weighted by molar-refractivity contribution is 7.99. The Balaban J connectivity index is 1.76. The molecule has 7 nitrogen and oxygen atoms in total. The molecular formula is C28H31NO6S2. The number of hydrogen-bond donors (Lipinski definition) is 2. The molecule has 3 aromatic rings. The first-order chi connectivity index (χ1) is 17.8. The number of methoxy groups -OCH3 is 1. The monoisotopic (exact) mass is 541 g/mol. The van der Waals surface area contributed by atoms with Crippen molar-refractivity contribution in [3.05, 3.63) is 113 Å². The maximum atomic E-state index is 12.7. The fourth-order valence-corrected chi connectivity index (χ4v) is 5.21. The predicted octanol–water partition coefficient (Wildman–Crippen LogP) is 5.63. The van der Waals surface area contributed by atoms with Gasteiger partial charge in [-0.1, -0.05) is 72.8 Å². The van der Waals surface area contributed by atoms with Crippen LogP contribution in [0.15, 0.2) is 96.4 Å². The van der Waals surface area contributed by atoms with Gasteiger partial charge in [0.1, 0.15) is 12.4 Å². The Labute approximate surface area is 222 Å². The summed E-state index contributed by atoms with van der Waals surface area (Å²) in [5.74, 6) is 1.38. The number of carbonyl (C=O) groups excluding carboxylic acids is 1. The maximum absolute atomic E-state index is 12.7. The Morgan fingerprint density at radius 3 is 2.16 bits per heavy atom. The largest absolute Gasteiger partial charge is 0.497 e. The molecule has 3 aromatic carbocycles. The molecule has 0 spiro atoms. The zero-order chi connectivity index (χ0) is 26.5. The second-order valence-electron chi connectivity index (χ2n) is 8.30. The van der Waals surface area contributed by atoms with E-state index in [0.717, 1.165) is 28.9 Å². The molecule has 0 fully saturated rings. The number of hydrogen-bond acceptors (Lipinski definition) is 6. The van der Waals surface area contributed by atoms with Gasteiger partial charge < -0.3 is 14.8 Å². The number of carbonyl (C=O) groups is 1. The molecule has 9 heteroatoms. The number of aryl methyl sites for hydroxylation is 1. The van der Waals surface area contributed by atoms with Crippen molar-refractivity contribution < 1.29 is 27.2 Å². The maximum Gasteiger partial charge on any atom is 0.407 e. The van der Waals surface area contributed by atoms with Gasteiger partial charge in [0.15, 0.2) is 0 Å². The van der Waals surface area contributed by atoms with E-state index in [2.05, 4.69) is 5.32 Å². The van der Waals surface area contributed by atoms with Crippen LogP contribution in [0.5, 0.6) is 5.75 Å². The number of alkyl carbamates (subject to hydrolysis) is 1. The topological polar surface area (TPSA) is 102 Å². The number of rotatable bonds is 13. The summed E-state index contributed by atoms with van der Waals surface area (Å²) in [6.07, 6.45) is 1.99. The standard InChI is InChI=1S/C28H31NO6S2/c1-34-25-15-12-24(13-16-25)21-36-27(17-14-22-8-4-2-5-9-22)26(18-19-37(31,32)33)29-28(30)35-20-23-10-6-3-7-11-23/h2-13,15-16,18-19,26-27H,14,17,20-21H2,1H3,(H,29,30)(H,31,32,33)/t26?,27-/m1/s1. The van der Waals surface area contributed by atoms with Gasteiger partial charge in [-0.25, -0.2) is 4.79 Å². The van der Waals surface area contributed by atoms with Crippen molar-refractivity contribution in [2.75, 3.05) is 7.11 Å². The highest BCUT2D eigenvalue weighted by Crippen LogP contribution is 2.27. The van der Waals surface area contributed by atoms with E-state index in [1.54, 1.807) is 18.9 Å². The van der Waals surface area contributed by atoms with Crippen LogP contribution in [0.25, 0.3) is 0 Å². The first-order valence-corrected chi connectivity index (χ1v) is 14.3. The Morgan fingerprint density at radius 1 is 0.946 bits per heavy atom. The minimum absolute atomic E-state index is 0.0785. The van der Waals surface area contributed by atoms with Gasteiger partial charge in [0.25, 0.3) is 10.1 Å². The lowest BCUT2D eigenvalue weighted by Crippen LogP contribution is -2.41. The Morgan fingerprint density at radius 2 is 1.57 bits per heavy atom. The lowest BCUT2D eigenvalue weighted by Gasteiger charge is -2.25. The average molecular weight is 542 g/mol. The molecule has 0 aromatic heterocycles. The number of nitrogens with one attached hydrogen (secondary N) is 1. The number of benzene rings is 3. The highest BCUT2D eigenvalue weighted by atomic mass is 32.2. The van der Waals surface area contributed by atoms with Crippen LogP contribution in [-0.4, -0.2) is 37.5 Å². The highest BCUT2D eigenvalue weighted by Gasteiger charge is 2.23. The third kappa shape index (κ3) is 10.7. The molecule has 196 valence electrons. The van der Waals surface area contributed by atoms with Crippen molar-refractivity contribution >= 4 is 28.0 Å². The molecule has 37 heavy (non-hydrogen) atoms. The van der Waals surface area contributed by atoms with Crippen molar-refractivity contribution in [3.63, 3.8) is 0 Å². The molecule has 0 heterocycles. The Hall–Kier alpha value is -3.27. The second-order valence-corrected chi connectivity index (χ2v) is 10.8. The van der Waals surface area contributed by atoms with Crippen LogP contribution in [0.1, 0.15) is 23.1 Å². The summed E-state index contributed by atoms with van der Waals surface area (Å²) in [5.41, 5.74) is 3.01. The van der Waals surface area contributed by atoms with Crippen LogP contribution in [0.4, 0.5) is 4.79 Å². The van der Waals surface area contributed by atoms with Gasteiger partial charge in [-0.3, -0.25) is 4.55 Å². The molecule has 0 aliphatic heterocycles. The Kier molecular flexibility index (Phi) is 11.1. The summed E-state index contributed by atoms with van der Waals surface area (Å²) in [5, 5.41) is 3.28. The summed E-state index contributed by atoms with van der Waals surface area (Å²) < 4.78 is 42.9. The summed E-state index contributed by atoms with van der Waals surface area (Å²) >= 11 is 1.58. The van der Waals surface area contributed by atoms with E-state index in [1.807, 2.05) is 84.9 Å². The van der Waals surface area contributed by atoms with Crippen molar-refractivity contribution in [1.29, 1.82) is 0 Å². The summed E-state index contributed by atoms with van der Waals surface area (Å²) in [4.78, 5) is 12.7. The molecule has 0 aliphatic carbocycles. The van der Waals surface area contributed by atoms with E-state index in [0.29, 0.717) is 17.6 Å². The molecule has 0 radical (unpaired) electrons. The zero-order valence-electron chi connectivity index (χ0n) is 20.5. The van der Waals surface area contributed by atoms with Gasteiger partial charge in [0, 0.05) is 11.0 Å². The van der Waals surface area contributed by atoms with Crippen LogP contribution in [-0.2, 0) is 33.6 Å². The Bertz CT molecular complexity index is 1230. The van der Waals surface area contributed by atoms with Gasteiger partial charge >= 0.3 is 6.09 Å². The SMILES string of the molecule is COc1ccc(CS[C@H](CCc2ccccc2)C(C=CS(=O)(=O)O)NC(=O)OCc2ccccc2)cc1. The lowest BCUT2D eigenvalue weighted by atomic mass is 10.0. The average Bonchev–Trinajstić information content (AvgIpc) is 2.91. The van der Waals surface area contributed by atoms with E-state index < -0.39 is 22.3 Å². The molecule has 3 rings (SSSR count). The molecule has 0 aliphatic rings. The van der Waals surface area contributed by atoms with E-state index in [-0.39, 0.29) is 11.9 Å². The van der Waals surface area contributed by atoms with E-state index in [9.17, 15) is 17.8 Å². The molecule has 2 atom stereocenters. The normalized spacial score (nSPS) is 13.1.